The molecule has 0 atom stereocenters. The molecule has 2 aromatic rings. The molecule has 3 N–H and O–H groups in total. The van der Waals surface area contributed by atoms with Crippen molar-refractivity contribution in [3.63, 3.8) is 0 Å². The van der Waals surface area contributed by atoms with Crippen molar-refractivity contribution in [2.24, 2.45) is 5.73 Å². The largest absolute Gasteiger partial charge is 0.493 e. The van der Waals surface area contributed by atoms with Crippen LogP contribution in [0.25, 0.3) is 0 Å². The lowest BCUT2D eigenvalue weighted by molar-refractivity contribution is 0.322. The third-order valence-corrected chi connectivity index (χ3v) is 3.93. The van der Waals surface area contributed by atoms with Gasteiger partial charge in [0, 0.05) is 16.9 Å². The predicted octanol–water partition coefficient (Wildman–Crippen LogP) is 2.67. The summed E-state index contributed by atoms with van der Waals surface area (Å²) in [5, 5.41) is 7.43. The molecule has 100 valence electrons. The van der Waals surface area contributed by atoms with Crippen LogP contribution >= 0.6 is 11.3 Å². The van der Waals surface area contributed by atoms with Crippen molar-refractivity contribution in [3.8, 4) is 5.75 Å². The number of hydrogen-bond acceptors (Lipinski definition) is 4. The molecule has 4 nitrogen and oxygen atoms in total. The molecule has 19 heavy (non-hydrogen) atoms. The molecule has 0 fully saturated rings. The van der Waals surface area contributed by atoms with Crippen LogP contribution in [-0.4, -0.2) is 17.4 Å². The van der Waals surface area contributed by atoms with Gasteiger partial charge in [0.15, 0.2) is 0 Å². The summed E-state index contributed by atoms with van der Waals surface area (Å²) in [7, 11) is 0. The van der Waals surface area contributed by atoms with Crippen LogP contribution in [0.5, 0.6) is 5.75 Å². The lowest BCUT2D eigenvalue weighted by Gasteiger charge is -2.09. The van der Waals surface area contributed by atoms with E-state index in [9.17, 15) is 0 Å². The third kappa shape index (κ3) is 3.32. The molecular weight excluding hydrogens is 258 g/mol. The molecule has 0 aliphatic heterocycles. The Hall–Kier alpha value is -1.88. The fourth-order valence-electron chi connectivity index (χ4n) is 1.86. The summed E-state index contributed by atoms with van der Waals surface area (Å²) in [5.74, 6) is 0.897. The Morgan fingerprint density at radius 2 is 2.21 bits per heavy atom. The highest BCUT2D eigenvalue weighted by Crippen LogP contribution is 2.18. The van der Waals surface area contributed by atoms with Gasteiger partial charge in [-0.1, -0.05) is 0 Å². The average Bonchev–Trinajstić information content (AvgIpc) is 2.75. The Morgan fingerprint density at radius 3 is 2.79 bits per heavy atom. The number of ether oxygens (including phenoxy) is 1. The Morgan fingerprint density at radius 1 is 1.42 bits per heavy atom. The molecule has 0 aliphatic rings. The van der Waals surface area contributed by atoms with Gasteiger partial charge in [-0.25, -0.2) is 4.98 Å². The van der Waals surface area contributed by atoms with Crippen molar-refractivity contribution in [2.45, 2.75) is 20.3 Å². The molecule has 0 amide bonds. The molecule has 1 heterocycles. The summed E-state index contributed by atoms with van der Waals surface area (Å²) in [6, 6.07) is 5.59. The Labute approximate surface area is 116 Å². The smallest absolute Gasteiger partial charge is 0.123 e. The highest BCUT2D eigenvalue weighted by Gasteiger charge is 2.05. The maximum Gasteiger partial charge on any atom is 0.123 e. The first-order valence-corrected chi connectivity index (χ1v) is 6.92. The summed E-state index contributed by atoms with van der Waals surface area (Å²) < 4.78 is 5.72. The molecule has 0 spiro atoms. The molecule has 1 aromatic heterocycles. The molecule has 0 unspecified atom stereocenters. The van der Waals surface area contributed by atoms with Crippen LogP contribution in [0.15, 0.2) is 23.7 Å². The number of rotatable bonds is 5. The first-order chi connectivity index (χ1) is 9.08. The van der Waals surface area contributed by atoms with Gasteiger partial charge in [-0.3, -0.25) is 5.41 Å². The number of nitrogens with one attached hydrogen (secondary N) is 1. The summed E-state index contributed by atoms with van der Waals surface area (Å²) >= 11 is 1.66. The van der Waals surface area contributed by atoms with Crippen LogP contribution in [0.4, 0.5) is 0 Å². The fraction of sp³-hybridized carbons (Fsp3) is 0.286. The fourth-order valence-corrected chi connectivity index (χ4v) is 2.62. The van der Waals surface area contributed by atoms with Gasteiger partial charge in [-0.15, -0.1) is 11.3 Å². The summed E-state index contributed by atoms with van der Waals surface area (Å²) in [5.41, 5.74) is 10.1. The zero-order chi connectivity index (χ0) is 13.8. The molecule has 0 aliphatic carbocycles. The van der Waals surface area contributed by atoms with Crippen LogP contribution < -0.4 is 10.5 Å². The molecule has 0 saturated carbocycles. The maximum atomic E-state index is 7.43. The Bertz CT molecular complexity index is 592. The lowest BCUT2D eigenvalue weighted by atomic mass is 10.1. The minimum absolute atomic E-state index is 0.0873. The van der Waals surface area contributed by atoms with E-state index in [1.807, 2.05) is 37.6 Å². The second-order valence-corrected chi connectivity index (χ2v) is 5.29. The summed E-state index contributed by atoms with van der Waals surface area (Å²) in [4.78, 5) is 5.47. The molecular formula is C14H17N3OS. The predicted molar refractivity (Wildman–Crippen MR) is 78.2 cm³/mol. The zero-order valence-corrected chi connectivity index (χ0v) is 11.9. The van der Waals surface area contributed by atoms with E-state index >= 15 is 0 Å². The van der Waals surface area contributed by atoms with Gasteiger partial charge in [0.1, 0.15) is 11.6 Å². The first-order valence-electron chi connectivity index (χ1n) is 6.04. The monoisotopic (exact) mass is 275 g/mol. The quantitative estimate of drug-likeness (QED) is 0.651. The van der Waals surface area contributed by atoms with E-state index in [-0.39, 0.29) is 5.84 Å². The zero-order valence-electron chi connectivity index (χ0n) is 11.1. The Balaban J connectivity index is 1.95. The van der Waals surface area contributed by atoms with Gasteiger partial charge in [0.05, 0.1) is 17.8 Å². The Kier molecular flexibility index (Phi) is 4.16. The van der Waals surface area contributed by atoms with Crippen LogP contribution in [0.1, 0.15) is 21.7 Å². The number of nitrogens with zero attached hydrogens (tertiary/aromatic N) is 1. The van der Waals surface area contributed by atoms with Crippen molar-refractivity contribution in [2.75, 3.05) is 6.61 Å². The first kappa shape index (κ1) is 13.5. The standard InChI is InChI=1S/C14H17N3OS/c1-9-7-11(3-4-12(9)14(15)16)18-6-5-13-10(2)17-8-19-13/h3-4,7-8H,5-6H2,1-2H3,(H3,15,16). The molecule has 0 bridgehead atoms. The second kappa shape index (κ2) is 5.84. The molecule has 5 heteroatoms. The van der Waals surface area contributed by atoms with E-state index in [0.29, 0.717) is 6.61 Å². The number of thiazole rings is 1. The highest BCUT2D eigenvalue weighted by molar-refractivity contribution is 7.09. The van der Waals surface area contributed by atoms with E-state index in [2.05, 4.69) is 4.98 Å². The number of nitrogens with two attached hydrogens (primary N) is 1. The van der Waals surface area contributed by atoms with E-state index < -0.39 is 0 Å². The van der Waals surface area contributed by atoms with Crippen LogP contribution in [-0.2, 0) is 6.42 Å². The molecule has 2 rings (SSSR count). The third-order valence-electron chi connectivity index (χ3n) is 2.93. The molecule has 0 radical (unpaired) electrons. The van der Waals surface area contributed by atoms with Gasteiger partial charge in [0.2, 0.25) is 0 Å². The van der Waals surface area contributed by atoms with Gasteiger partial charge in [0.25, 0.3) is 0 Å². The minimum Gasteiger partial charge on any atom is -0.493 e. The number of benzene rings is 1. The second-order valence-electron chi connectivity index (χ2n) is 4.35. The number of aryl methyl sites for hydroxylation is 2. The maximum absolute atomic E-state index is 7.43. The summed E-state index contributed by atoms with van der Waals surface area (Å²) in [6.07, 6.45) is 0.865. The number of amidine groups is 1. The highest BCUT2D eigenvalue weighted by atomic mass is 32.1. The van der Waals surface area contributed by atoms with Gasteiger partial charge < -0.3 is 10.5 Å². The molecule has 0 saturated heterocycles. The van der Waals surface area contributed by atoms with Gasteiger partial charge in [-0.05, 0) is 37.6 Å². The minimum atomic E-state index is 0.0873. The normalized spacial score (nSPS) is 10.4. The topological polar surface area (TPSA) is 72.0 Å². The summed E-state index contributed by atoms with van der Waals surface area (Å²) in [6.45, 7) is 4.57. The number of hydrogen-bond donors (Lipinski definition) is 2. The van der Waals surface area contributed by atoms with Crippen molar-refractivity contribution in [1.82, 2.24) is 4.98 Å². The lowest BCUT2D eigenvalue weighted by Crippen LogP contribution is -2.12. The van der Waals surface area contributed by atoms with Crippen molar-refractivity contribution in [3.05, 3.63) is 45.4 Å². The average molecular weight is 275 g/mol. The molecule has 1 aromatic carbocycles. The van der Waals surface area contributed by atoms with E-state index in [1.54, 1.807) is 11.3 Å². The van der Waals surface area contributed by atoms with E-state index in [0.717, 1.165) is 29.0 Å². The van der Waals surface area contributed by atoms with E-state index in [4.69, 9.17) is 15.9 Å². The van der Waals surface area contributed by atoms with Crippen LogP contribution in [0.3, 0.4) is 0 Å². The van der Waals surface area contributed by atoms with Crippen molar-refractivity contribution < 1.29 is 4.74 Å². The van der Waals surface area contributed by atoms with Crippen molar-refractivity contribution >= 4 is 17.2 Å². The SMILES string of the molecule is Cc1cc(OCCc2scnc2C)ccc1C(=N)N. The number of aromatic nitrogens is 1. The van der Waals surface area contributed by atoms with E-state index in [1.165, 1.54) is 4.88 Å². The number of nitrogen functional groups attached to an aromatic ring is 1. The van der Waals surface area contributed by atoms with Crippen LogP contribution in [0, 0.1) is 19.3 Å². The van der Waals surface area contributed by atoms with Gasteiger partial charge in [-0.2, -0.15) is 0 Å². The van der Waals surface area contributed by atoms with Crippen LogP contribution in [0.2, 0.25) is 0 Å². The van der Waals surface area contributed by atoms with Gasteiger partial charge >= 0.3 is 0 Å². The van der Waals surface area contributed by atoms with Crippen molar-refractivity contribution in [1.29, 1.82) is 5.41 Å².